The summed E-state index contributed by atoms with van der Waals surface area (Å²) in [7, 11) is 1.68. The molecule has 4 N–H and O–H groups in total. The van der Waals surface area contributed by atoms with Crippen molar-refractivity contribution < 1.29 is 4.74 Å². The van der Waals surface area contributed by atoms with Gasteiger partial charge in [-0.2, -0.15) is 5.10 Å². The van der Waals surface area contributed by atoms with Gasteiger partial charge in [0.1, 0.15) is 5.75 Å². The van der Waals surface area contributed by atoms with E-state index in [9.17, 15) is 0 Å². The van der Waals surface area contributed by atoms with Crippen molar-refractivity contribution in [1.82, 2.24) is 10.7 Å². The molecule has 1 heterocycles. The topological polar surface area (TPSA) is 71.7 Å². The van der Waals surface area contributed by atoms with Crippen molar-refractivity contribution in [3.8, 4) is 5.75 Å². The number of hydrazone groups is 1. The lowest BCUT2D eigenvalue weighted by atomic mass is 9.75. The molecule has 0 amide bonds. The molecular weight excluding hydrogens is 368 g/mol. The number of thiocarbonyl (C=S) groups is 1. The van der Waals surface area contributed by atoms with E-state index in [-0.39, 0.29) is 23.1 Å². The van der Waals surface area contributed by atoms with Crippen LogP contribution in [0.2, 0.25) is 0 Å². The van der Waals surface area contributed by atoms with Gasteiger partial charge in [-0.1, -0.05) is 56.3 Å². The molecule has 5 nitrogen and oxygen atoms in total. The molecule has 28 heavy (non-hydrogen) atoms. The van der Waals surface area contributed by atoms with E-state index >= 15 is 0 Å². The zero-order valence-electron chi connectivity index (χ0n) is 16.6. The number of piperidine rings is 1. The normalized spacial score (nSPS) is 23.6. The number of methoxy groups -OCH3 is 1. The smallest absolute Gasteiger partial charge is 0.184 e. The van der Waals surface area contributed by atoms with E-state index < -0.39 is 0 Å². The van der Waals surface area contributed by atoms with E-state index in [4.69, 9.17) is 22.7 Å². The van der Waals surface area contributed by atoms with Crippen molar-refractivity contribution in [1.29, 1.82) is 0 Å². The van der Waals surface area contributed by atoms with Gasteiger partial charge >= 0.3 is 0 Å². The minimum Gasteiger partial charge on any atom is -0.497 e. The third kappa shape index (κ3) is 4.69. The summed E-state index contributed by atoms with van der Waals surface area (Å²) in [6.45, 7) is 4.45. The van der Waals surface area contributed by atoms with Crippen molar-refractivity contribution in [3.63, 3.8) is 0 Å². The van der Waals surface area contributed by atoms with Gasteiger partial charge in [0.15, 0.2) is 5.11 Å². The number of nitrogens with one attached hydrogen (secondary N) is 2. The zero-order valence-corrected chi connectivity index (χ0v) is 17.4. The Bertz CT molecular complexity index is 820. The number of hydrogen-bond donors (Lipinski definition) is 3. The van der Waals surface area contributed by atoms with Gasteiger partial charge in [-0.15, -0.1) is 0 Å². The fourth-order valence-corrected chi connectivity index (χ4v) is 3.99. The average Bonchev–Trinajstić information content (AvgIpc) is 2.72. The lowest BCUT2D eigenvalue weighted by Gasteiger charge is -2.41. The van der Waals surface area contributed by atoms with Crippen molar-refractivity contribution >= 4 is 23.0 Å². The maximum Gasteiger partial charge on any atom is 0.184 e. The van der Waals surface area contributed by atoms with Crippen LogP contribution in [0.5, 0.6) is 5.75 Å². The lowest BCUT2D eigenvalue weighted by Crippen LogP contribution is -2.45. The molecule has 0 spiro atoms. The van der Waals surface area contributed by atoms with E-state index in [2.05, 4.69) is 66.1 Å². The van der Waals surface area contributed by atoms with Crippen LogP contribution in [0.3, 0.4) is 0 Å². The van der Waals surface area contributed by atoms with Gasteiger partial charge in [-0.3, -0.25) is 5.43 Å². The number of benzene rings is 2. The summed E-state index contributed by atoms with van der Waals surface area (Å²) in [5, 5.41) is 8.65. The number of ether oxygens (including phenoxy) is 1. The van der Waals surface area contributed by atoms with Gasteiger partial charge in [0.25, 0.3) is 0 Å². The Balaban J connectivity index is 2.01. The van der Waals surface area contributed by atoms with Crippen molar-refractivity contribution in [2.24, 2.45) is 22.7 Å². The largest absolute Gasteiger partial charge is 0.497 e. The first-order valence-corrected chi connectivity index (χ1v) is 9.97. The van der Waals surface area contributed by atoms with E-state index in [1.54, 1.807) is 7.11 Å². The molecular formula is C22H28N4OS. The predicted octanol–water partition coefficient (Wildman–Crippen LogP) is 3.93. The van der Waals surface area contributed by atoms with Gasteiger partial charge in [-0.05, 0) is 41.4 Å². The fourth-order valence-electron chi connectivity index (χ4n) is 3.95. The highest BCUT2D eigenvalue weighted by atomic mass is 32.1. The second-order valence-corrected chi connectivity index (χ2v) is 7.87. The molecule has 1 aliphatic rings. The Hall–Kier alpha value is -2.44. The van der Waals surface area contributed by atoms with Crippen LogP contribution in [0, 0.1) is 11.8 Å². The molecule has 0 saturated carbocycles. The summed E-state index contributed by atoms with van der Waals surface area (Å²) in [6, 6.07) is 19.0. The van der Waals surface area contributed by atoms with Crippen LogP contribution >= 0.6 is 12.2 Å². The molecule has 1 fully saturated rings. The van der Waals surface area contributed by atoms with Crippen molar-refractivity contribution in [2.45, 2.75) is 32.4 Å². The minimum atomic E-state index is 0.122. The second kappa shape index (κ2) is 9.17. The van der Waals surface area contributed by atoms with Crippen molar-refractivity contribution in [3.05, 3.63) is 65.7 Å². The highest BCUT2D eigenvalue weighted by molar-refractivity contribution is 7.80. The van der Waals surface area contributed by atoms with Crippen LogP contribution in [0.15, 0.2) is 59.7 Å². The molecule has 0 aromatic heterocycles. The number of hydrogen-bond acceptors (Lipinski definition) is 4. The molecule has 1 aliphatic heterocycles. The fraction of sp³-hybridized carbons (Fsp3) is 0.364. The van der Waals surface area contributed by atoms with E-state index in [1.807, 2.05) is 18.2 Å². The second-order valence-electron chi connectivity index (χ2n) is 7.43. The Labute approximate surface area is 172 Å². The molecule has 2 aromatic carbocycles. The van der Waals surface area contributed by atoms with E-state index in [0.29, 0.717) is 5.92 Å². The van der Waals surface area contributed by atoms with Crippen LogP contribution < -0.4 is 21.2 Å². The van der Waals surface area contributed by atoms with Gasteiger partial charge in [0.2, 0.25) is 0 Å². The standard InChI is InChI=1S/C22H28N4OS/c1-14(2)20-19(25-26-22(23)28)13-18(15-7-5-4-6-8-15)24-21(20)16-9-11-17(27-3)12-10-16/h4-12,14,18,20-21,24H,13H2,1-3H3,(H3,23,26,28)/b25-19-. The first-order valence-electron chi connectivity index (χ1n) is 9.56. The Morgan fingerprint density at radius 1 is 1.14 bits per heavy atom. The van der Waals surface area contributed by atoms with Crippen LogP contribution in [0.25, 0.3) is 0 Å². The molecule has 0 radical (unpaired) electrons. The van der Waals surface area contributed by atoms with Gasteiger partial charge in [0, 0.05) is 30.1 Å². The molecule has 148 valence electrons. The summed E-state index contributed by atoms with van der Waals surface area (Å²) in [6.07, 6.45) is 0.801. The summed E-state index contributed by atoms with van der Waals surface area (Å²) in [4.78, 5) is 0. The number of rotatable bonds is 5. The summed E-state index contributed by atoms with van der Waals surface area (Å²) >= 11 is 4.97. The monoisotopic (exact) mass is 396 g/mol. The van der Waals surface area contributed by atoms with Gasteiger partial charge < -0.3 is 15.8 Å². The molecule has 3 rings (SSSR count). The molecule has 1 saturated heterocycles. The van der Waals surface area contributed by atoms with Crippen LogP contribution in [-0.2, 0) is 0 Å². The molecule has 0 aliphatic carbocycles. The highest BCUT2D eigenvalue weighted by Gasteiger charge is 2.38. The van der Waals surface area contributed by atoms with Gasteiger partial charge in [-0.25, -0.2) is 0 Å². The van der Waals surface area contributed by atoms with E-state index in [1.165, 1.54) is 11.1 Å². The van der Waals surface area contributed by atoms with Gasteiger partial charge in [0.05, 0.1) is 7.11 Å². The summed E-state index contributed by atoms with van der Waals surface area (Å²) in [5.41, 5.74) is 12.0. The quantitative estimate of drug-likeness (QED) is 0.528. The first-order chi connectivity index (χ1) is 13.5. The molecule has 3 unspecified atom stereocenters. The SMILES string of the molecule is COc1ccc(C2NC(c3ccccc3)C/C(=N/NC(N)=S)C2C(C)C)cc1. The summed E-state index contributed by atoms with van der Waals surface area (Å²) < 4.78 is 5.32. The zero-order chi connectivity index (χ0) is 20.1. The van der Waals surface area contributed by atoms with E-state index in [0.717, 1.165) is 17.9 Å². The third-order valence-electron chi connectivity index (χ3n) is 5.24. The highest BCUT2D eigenvalue weighted by Crippen LogP contribution is 2.39. The van der Waals surface area contributed by atoms with Crippen molar-refractivity contribution in [2.75, 3.05) is 7.11 Å². The van der Waals surface area contributed by atoms with Crippen LogP contribution in [-0.4, -0.2) is 17.9 Å². The Morgan fingerprint density at radius 2 is 1.82 bits per heavy atom. The lowest BCUT2D eigenvalue weighted by molar-refractivity contribution is 0.293. The maximum atomic E-state index is 5.64. The van der Waals surface area contributed by atoms with Crippen LogP contribution in [0.4, 0.5) is 0 Å². The predicted molar refractivity (Wildman–Crippen MR) is 118 cm³/mol. The molecule has 3 atom stereocenters. The third-order valence-corrected chi connectivity index (χ3v) is 5.33. The Morgan fingerprint density at radius 3 is 2.39 bits per heavy atom. The minimum absolute atomic E-state index is 0.122. The number of nitrogens with two attached hydrogens (primary N) is 1. The average molecular weight is 397 g/mol. The first kappa shape index (κ1) is 20.3. The summed E-state index contributed by atoms with van der Waals surface area (Å²) in [5.74, 6) is 1.46. The maximum absolute atomic E-state index is 5.64. The number of nitrogens with zero attached hydrogens (tertiary/aromatic N) is 1. The molecule has 6 heteroatoms. The Kier molecular flexibility index (Phi) is 6.65. The van der Waals surface area contributed by atoms with Crippen LogP contribution in [0.1, 0.15) is 43.5 Å². The molecule has 0 bridgehead atoms. The molecule has 2 aromatic rings.